The zero-order chi connectivity index (χ0) is 14.3. The Morgan fingerprint density at radius 3 is 2.58 bits per heavy atom. The van der Waals surface area contributed by atoms with Gasteiger partial charge in [0.2, 0.25) is 5.88 Å². The molecule has 0 aliphatic carbocycles. The summed E-state index contributed by atoms with van der Waals surface area (Å²) in [5.41, 5.74) is 6.53. The van der Waals surface area contributed by atoms with Gasteiger partial charge in [0.1, 0.15) is 11.5 Å². The Morgan fingerprint density at radius 2 is 2.00 bits per heavy atom. The summed E-state index contributed by atoms with van der Waals surface area (Å²) in [5.74, 6) is 1.90. The van der Waals surface area contributed by atoms with Crippen LogP contribution in [-0.2, 0) is 6.42 Å². The molecule has 0 bridgehead atoms. The van der Waals surface area contributed by atoms with E-state index in [0.29, 0.717) is 24.0 Å². The molecule has 0 amide bonds. The van der Waals surface area contributed by atoms with E-state index < -0.39 is 0 Å². The number of likely N-dealkylation sites (N-methyl/N-ethyl adjacent to an activating group) is 1. The summed E-state index contributed by atoms with van der Waals surface area (Å²) in [6.07, 6.45) is 1.68. The molecule has 1 aromatic rings. The van der Waals surface area contributed by atoms with Crippen molar-refractivity contribution in [3.05, 3.63) is 5.82 Å². The van der Waals surface area contributed by atoms with E-state index in [2.05, 4.69) is 20.2 Å². The van der Waals surface area contributed by atoms with Crippen LogP contribution in [0.4, 0.5) is 11.5 Å². The fraction of sp³-hybridized carbons (Fsp3) is 0.692. The van der Waals surface area contributed by atoms with Crippen LogP contribution in [0, 0.1) is 0 Å². The average molecular weight is 267 g/mol. The molecule has 0 fully saturated rings. The van der Waals surface area contributed by atoms with Gasteiger partial charge in [-0.2, -0.15) is 4.98 Å². The number of nitrogens with zero attached hydrogens (tertiary/aromatic N) is 3. The molecule has 3 N–H and O–H groups in total. The van der Waals surface area contributed by atoms with Crippen LogP contribution in [0.3, 0.4) is 0 Å². The molecule has 0 aromatic carbocycles. The number of ether oxygens (including phenoxy) is 1. The Hall–Kier alpha value is -1.56. The molecule has 108 valence electrons. The highest BCUT2D eigenvalue weighted by Gasteiger charge is 2.12. The zero-order valence-electron chi connectivity index (χ0n) is 12.4. The number of aromatic nitrogens is 2. The summed E-state index contributed by atoms with van der Waals surface area (Å²) in [7, 11) is 4.05. The van der Waals surface area contributed by atoms with Gasteiger partial charge < -0.3 is 20.7 Å². The molecule has 1 aromatic heterocycles. The molecular formula is C13H25N5O. The lowest BCUT2D eigenvalue weighted by Gasteiger charge is -2.15. The standard InChI is InChI=1S/C13H25N5O/c1-5-9-19-13-11(14)12(15-7-8-18(3)4)16-10(6-2)17-13/h5-9,14H2,1-4H3,(H,15,16,17). The maximum Gasteiger partial charge on any atom is 0.242 e. The van der Waals surface area contributed by atoms with Crippen LogP contribution in [0.25, 0.3) is 0 Å². The number of nitrogens with two attached hydrogens (primary N) is 1. The van der Waals surface area contributed by atoms with Gasteiger partial charge in [-0.3, -0.25) is 0 Å². The van der Waals surface area contributed by atoms with Crippen LogP contribution in [0.1, 0.15) is 26.1 Å². The highest BCUT2D eigenvalue weighted by Crippen LogP contribution is 2.26. The number of nitrogen functional groups attached to an aromatic ring is 1. The summed E-state index contributed by atoms with van der Waals surface area (Å²) in [4.78, 5) is 10.8. The monoisotopic (exact) mass is 267 g/mol. The number of nitrogens with one attached hydrogen (secondary N) is 1. The highest BCUT2D eigenvalue weighted by atomic mass is 16.5. The minimum atomic E-state index is 0.487. The van der Waals surface area contributed by atoms with Crippen molar-refractivity contribution in [2.75, 3.05) is 44.8 Å². The van der Waals surface area contributed by atoms with Crippen molar-refractivity contribution in [1.82, 2.24) is 14.9 Å². The summed E-state index contributed by atoms with van der Waals surface area (Å²) < 4.78 is 5.57. The van der Waals surface area contributed by atoms with Gasteiger partial charge in [-0.15, -0.1) is 0 Å². The van der Waals surface area contributed by atoms with E-state index in [1.165, 1.54) is 0 Å². The third-order valence-corrected chi connectivity index (χ3v) is 2.57. The summed E-state index contributed by atoms with van der Waals surface area (Å²) in [5, 5.41) is 3.24. The maximum atomic E-state index is 6.04. The lowest BCUT2D eigenvalue weighted by molar-refractivity contribution is 0.305. The normalized spacial score (nSPS) is 10.8. The maximum absolute atomic E-state index is 6.04. The lowest BCUT2D eigenvalue weighted by Crippen LogP contribution is -2.22. The molecular weight excluding hydrogens is 242 g/mol. The Balaban J connectivity index is 2.82. The second kappa shape index (κ2) is 7.78. The Morgan fingerprint density at radius 1 is 1.26 bits per heavy atom. The fourth-order valence-corrected chi connectivity index (χ4v) is 1.49. The first-order chi connectivity index (χ1) is 9.08. The smallest absolute Gasteiger partial charge is 0.242 e. The predicted molar refractivity (Wildman–Crippen MR) is 78.7 cm³/mol. The minimum Gasteiger partial charge on any atom is -0.476 e. The molecule has 1 rings (SSSR count). The van der Waals surface area contributed by atoms with Gasteiger partial charge in [-0.25, -0.2) is 4.98 Å². The van der Waals surface area contributed by atoms with Crippen LogP contribution in [-0.4, -0.2) is 48.7 Å². The first-order valence-electron chi connectivity index (χ1n) is 6.76. The fourth-order valence-electron chi connectivity index (χ4n) is 1.49. The van der Waals surface area contributed by atoms with Crippen LogP contribution in [0.5, 0.6) is 5.88 Å². The van der Waals surface area contributed by atoms with E-state index in [4.69, 9.17) is 10.5 Å². The van der Waals surface area contributed by atoms with Gasteiger partial charge in [-0.1, -0.05) is 13.8 Å². The quantitative estimate of drug-likeness (QED) is 0.741. The van der Waals surface area contributed by atoms with Crippen LogP contribution in [0.15, 0.2) is 0 Å². The Kier molecular flexibility index (Phi) is 6.35. The third kappa shape index (κ3) is 4.90. The number of hydrogen-bond donors (Lipinski definition) is 2. The number of aryl methyl sites for hydroxylation is 1. The lowest BCUT2D eigenvalue weighted by atomic mass is 10.4. The molecule has 0 saturated carbocycles. The van der Waals surface area contributed by atoms with Gasteiger partial charge in [-0.05, 0) is 20.5 Å². The van der Waals surface area contributed by atoms with Crippen molar-refractivity contribution in [3.63, 3.8) is 0 Å². The van der Waals surface area contributed by atoms with E-state index in [0.717, 1.165) is 31.8 Å². The van der Waals surface area contributed by atoms with Crippen molar-refractivity contribution >= 4 is 11.5 Å². The molecule has 6 heteroatoms. The first-order valence-corrected chi connectivity index (χ1v) is 6.76. The highest BCUT2D eigenvalue weighted by molar-refractivity contribution is 5.66. The molecule has 0 atom stereocenters. The van der Waals surface area contributed by atoms with Crippen molar-refractivity contribution in [3.8, 4) is 5.88 Å². The molecule has 19 heavy (non-hydrogen) atoms. The van der Waals surface area contributed by atoms with E-state index in [1.54, 1.807) is 0 Å². The summed E-state index contributed by atoms with van der Waals surface area (Å²) in [6.45, 7) is 6.37. The second-order valence-electron chi connectivity index (χ2n) is 4.64. The molecule has 0 unspecified atom stereocenters. The van der Waals surface area contributed by atoms with E-state index in [1.807, 2.05) is 27.9 Å². The zero-order valence-corrected chi connectivity index (χ0v) is 12.4. The number of anilines is 2. The van der Waals surface area contributed by atoms with E-state index in [9.17, 15) is 0 Å². The molecule has 0 spiro atoms. The second-order valence-corrected chi connectivity index (χ2v) is 4.64. The predicted octanol–water partition coefficient (Wildman–Crippen LogP) is 1.38. The molecule has 1 heterocycles. The topological polar surface area (TPSA) is 76.3 Å². The number of hydrogen-bond acceptors (Lipinski definition) is 6. The van der Waals surface area contributed by atoms with Gasteiger partial charge in [0, 0.05) is 19.5 Å². The van der Waals surface area contributed by atoms with Gasteiger partial charge >= 0.3 is 0 Å². The largest absolute Gasteiger partial charge is 0.476 e. The van der Waals surface area contributed by atoms with Crippen molar-refractivity contribution in [1.29, 1.82) is 0 Å². The Labute approximate surface area is 115 Å². The molecule has 0 aliphatic rings. The van der Waals surface area contributed by atoms with E-state index in [-0.39, 0.29) is 0 Å². The van der Waals surface area contributed by atoms with E-state index >= 15 is 0 Å². The summed E-state index contributed by atoms with van der Waals surface area (Å²) >= 11 is 0. The van der Waals surface area contributed by atoms with Crippen molar-refractivity contribution in [2.24, 2.45) is 0 Å². The molecule has 0 radical (unpaired) electrons. The minimum absolute atomic E-state index is 0.487. The third-order valence-electron chi connectivity index (χ3n) is 2.57. The van der Waals surface area contributed by atoms with Crippen molar-refractivity contribution in [2.45, 2.75) is 26.7 Å². The van der Waals surface area contributed by atoms with Gasteiger partial charge in [0.15, 0.2) is 5.82 Å². The number of rotatable bonds is 8. The summed E-state index contributed by atoms with van der Waals surface area (Å²) in [6, 6.07) is 0. The van der Waals surface area contributed by atoms with Crippen LogP contribution in [0.2, 0.25) is 0 Å². The Bertz CT molecular complexity index is 395. The first kappa shape index (κ1) is 15.5. The molecule has 0 aliphatic heterocycles. The van der Waals surface area contributed by atoms with Crippen molar-refractivity contribution < 1.29 is 4.74 Å². The van der Waals surface area contributed by atoms with Gasteiger partial charge in [0.25, 0.3) is 0 Å². The van der Waals surface area contributed by atoms with Crippen LogP contribution >= 0.6 is 0 Å². The average Bonchev–Trinajstić information content (AvgIpc) is 2.38. The SMILES string of the molecule is CCCOc1nc(CC)nc(NCCN(C)C)c1N. The van der Waals surface area contributed by atoms with Gasteiger partial charge in [0.05, 0.1) is 6.61 Å². The molecule has 0 saturated heterocycles. The molecule has 6 nitrogen and oxygen atoms in total. The van der Waals surface area contributed by atoms with Crippen LogP contribution < -0.4 is 15.8 Å².